The van der Waals surface area contributed by atoms with Gasteiger partial charge >= 0.3 is 6.03 Å². The van der Waals surface area contributed by atoms with E-state index in [-0.39, 0.29) is 17.9 Å². The molecule has 1 unspecified atom stereocenters. The Bertz CT molecular complexity index is 506. The molecular formula is C16H22N2O2. The Morgan fingerprint density at radius 2 is 1.70 bits per heavy atom. The monoisotopic (exact) mass is 274 g/mol. The van der Waals surface area contributed by atoms with E-state index in [1.807, 2.05) is 26.0 Å². The van der Waals surface area contributed by atoms with E-state index < -0.39 is 6.04 Å². The van der Waals surface area contributed by atoms with Crippen LogP contribution in [-0.2, 0) is 11.3 Å². The summed E-state index contributed by atoms with van der Waals surface area (Å²) in [6, 6.07) is 7.40. The van der Waals surface area contributed by atoms with Crippen molar-refractivity contribution >= 4 is 11.9 Å². The van der Waals surface area contributed by atoms with Gasteiger partial charge in [-0.1, -0.05) is 52.0 Å². The van der Waals surface area contributed by atoms with Gasteiger partial charge in [-0.25, -0.2) is 4.79 Å². The van der Waals surface area contributed by atoms with Crippen LogP contribution in [0.15, 0.2) is 24.3 Å². The first-order valence-electron chi connectivity index (χ1n) is 7.11. The van der Waals surface area contributed by atoms with E-state index in [0.717, 1.165) is 5.56 Å². The number of nitrogens with zero attached hydrogens (tertiary/aromatic N) is 1. The molecule has 0 aromatic heterocycles. The lowest BCUT2D eigenvalue weighted by Crippen LogP contribution is -2.34. The van der Waals surface area contributed by atoms with Crippen LogP contribution in [0.5, 0.6) is 0 Å². The summed E-state index contributed by atoms with van der Waals surface area (Å²) in [5, 5.41) is 2.74. The van der Waals surface area contributed by atoms with Crippen LogP contribution in [0.25, 0.3) is 0 Å². The molecule has 1 fully saturated rings. The molecule has 1 atom stereocenters. The van der Waals surface area contributed by atoms with Gasteiger partial charge < -0.3 is 5.32 Å². The first-order valence-corrected chi connectivity index (χ1v) is 7.11. The molecule has 0 aliphatic carbocycles. The summed E-state index contributed by atoms with van der Waals surface area (Å²) in [6.07, 6.45) is 0. The molecule has 1 aromatic carbocycles. The lowest BCUT2D eigenvalue weighted by molar-refractivity contribution is -0.128. The summed E-state index contributed by atoms with van der Waals surface area (Å²) in [6.45, 7) is 8.49. The first kappa shape index (κ1) is 14.6. The van der Waals surface area contributed by atoms with Gasteiger partial charge in [-0.3, -0.25) is 9.69 Å². The van der Waals surface area contributed by atoms with Crippen molar-refractivity contribution in [1.82, 2.24) is 10.2 Å². The Kier molecular flexibility index (Phi) is 4.12. The lowest BCUT2D eigenvalue weighted by atomic mass is 10.0. The van der Waals surface area contributed by atoms with Crippen LogP contribution in [0.4, 0.5) is 4.79 Å². The number of benzene rings is 1. The van der Waals surface area contributed by atoms with Crippen molar-refractivity contribution in [3.63, 3.8) is 0 Å². The Hall–Kier alpha value is -1.84. The van der Waals surface area contributed by atoms with Gasteiger partial charge in [0.15, 0.2) is 0 Å². The summed E-state index contributed by atoms with van der Waals surface area (Å²) in [5.41, 5.74) is 2.23. The highest BCUT2D eigenvalue weighted by Crippen LogP contribution is 2.19. The standard InChI is InChI=1S/C16H22N2O2/c1-10(2)13-7-5-12(6-8-13)9-18-15(19)14(11(3)4)17-16(18)20/h5-8,10-11,14H,9H2,1-4H3,(H,17,20). The maximum absolute atomic E-state index is 12.2. The number of urea groups is 1. The number of hydrogen-bond donors (Lipinski definition) is 1. The second-order valence-electron chi connectivity index (χ2n) is 5.99. The highest BCUT2D eigenvalue weighted by atomic mass is 16.2. The maximum Gasteiger partial charge on any atom is 0.325 e. The van der Waals surface area contributed by atoms with E-state index in [0.29, 0.717) is 12.5 Å². The van der Waals surface area contributed by atoms with Crippen LogP contribution in [-0.4, -0.2) is 22.9 Å². The van der Waals surface area contributed by atoms with Gasteiger partial charge in [0.2, 0.25) is 0 Å². The van der Waals surface area contributed by atoms with Gasteiger partial charge in [0.25, 0.3) is 5.91 Å². The molecule has 4 nitrogen and oxygen atoms in total. The lowest BCUT2D eigenvalue weighted by Gasteiger charge is -2.15. The van der Waals surface area contributed by atoms with Crippen LogP contribution >= 0.6 is 0 Å². The molecule has 1 saturated heterocycles. The van der Waals surface area contributed by atoms with Gasteiger partial charge in [0.05, 0.1) is 6.54 Å². The van der Waals surface area contributed by atoms with Crippen molar-refractivity contribution in [2.24, 2.45) is 5.92 Å². The van der Waals surface area contributed by atoms with Gasteiger partial charge in [0, 0.05) is 0 Å². The van der Waals surface area contributed by atoms with E-state index in [4.69, 9.17) is 0 Å². The van der Waals surface area contributed by atoms with Crippen molar-refractivity contribution in [3.8, 4) is 0 Å². The number of carbonyl (C=O) groups excluding carboxylic acids is 2. The molecule has 1 N–H and O–H groups in total. The molecule has 0 bridgehead atoms. The predicted molar refractivity (Wildman–Crippen MR) is 78.2 cm³/mol. The van der Waals surface area contributed by atoms with E-state index in [1.165, 1.54) is 10.5 Å². The van der Waals surface area contributed by atoms with Gasteiger partial charge in [-0.15, -0.1) is 0 Å². The molecule has 108 valence electrons. The second-order valence-corrected chi connectivity index (χ2v) is 5.99. The zero-order chi connectivity index (χ0) is 14.9. The number of rotatable bonds is 4. The third-order valence-corrected chi connectivity index (χ3v) is 3.71. The van der Waals surface area contributed by atoms with E-state index in [1.54, 1.807) is 0 Å². The molecular weight excluding hydrogens is 252 g/mol. The minimum absolute atomic E-state index is 0.111. The fourth-order valence-electron chi connectivity index (χ4n) is 2.33. The van der Waals surface area contributed by atoms with Crippen LogP contribution in [0.2, 0.25) is 0 Å². The molecule has 2 rings (SSSR count). The molecule has 1 aromatic rings. The number of nitrogens with one attached hydrogen (secondary N) is 1. The van der Waals surface area contributed by atoms with Crippen LogP contribution in [0.1, 0.15) is 44.7 Å². The van der Waals surface area contributed by atoms with Crippen LogP contribution < -0.4 is 5.32 Å². The number of amides is 3. The zero-order valence-corrected chi connectivity index (χ0v) is 12.5. The highest BCUT2D eigenvalue weighted by molar-refractivity contribution is 6.04. The molecule has 3 amide bonds. The number of imide groups is 1. The van der Waals surface area contributed by atoms with Gasteiger partial charge in [-0.2, -0.15) is 0 Å². The second kappa shape index (κ2) is 5.65. The van der Waals surface area contributed by atoms with E-state index in [2.05, 4.69) is 31.3 Å². The normalized spacial score (nSPS) is 19.1. The quantitative estimate of drug-likeness (QED) is 0.858. The fraction of sp³-hybridized carbons (Fsp3) is 0.500. The number of hydrogen-bond acceptors (Lipinski definition) is 2. The zero-order valence-electron chi connectivity index (χ0n) is 12.5. The average molecular weight is 274 g/mol. The molecule has 1 heterocycles. The molecule has 1 aliphatic rings. The van der Waals surface area contributed by atoms with E-state index in [9.17, 15) is 9.59 Å². The molecule has 0 saturated carbocycles. The van der Waals surface area contributed by atoms with Crippen molar-refractivity contribution in [2.45, 2.75) is 46.2 Å². The number of carbonyl (C=O) groups is 2. The summed E-state index contributed by atoms with van der Waals surface area (Å²) < 4.78 is 0. The molecule has 0 spiro atoms. The summed E-state index contributed by atoms with van der Waals surface area (Å²) >= 11 is 0. The summed E-state index contributed by atoms with van der Waals surface area (Å²) in [7, 11) is 0. The third kappa shape index (κ3) is 2.84. The maximum atomic E-state index is 12.2. The SMILES string of the molecule is CC(C)c1ccc(CN2C(=O)NC(C(C)C)C2=O)cc1. The molecule has 1 aliphatic heterocycles. The van der Waals surface area contributed by atoms with Crippen LogP contribution in [0.3, 0.4) is 0 Å². The largest absolute Gasteiger partial charge is 0.326 e. The first-order chi connectivity index (χ1) is 9.40. The topological polar surface area (TPSA) is 49.4 Å². The summed E-state index contributed by atoms with van der Waals surface area (Å²) in [5.74, 6) is 0.462. The van der Waals surface area contributed by atoms with Crippen molar-refractivity contribution < 1.29 is 9.59 Å². The third-order valence-electron chi connectivity index (χ3n) is 3.71. The molecule has 4 heteroatoms. The van der Waals surface area contributed by atoms with Crippen LogP contribution in [0, 0.1) is 5.92 Å². The average Bonchev–Trinajstić information content (AvgIpc) is 2.67. The fourth-order valence-corrected chi connectivity index (χ4v) is 2.33. The van der Waals surface area contributed by atoms with Crippen molar-refractivity contribution in [3.05, 3.63) is 35.4 Å². The summed E-state index contributed by atoms with van der Waals surface area (Å²) in [4.78, 5) is 25.4. The van der Waals surface area contributed by atoms with Gasteiger partial charge in [-0.05, 0) is 23.0 Å². The highest BCUT2D eigenvalue weighted by Gasteiger charge is 2.39. The van der Waals surface area contributed by atoms with Gasteiger partial charge in [0.1, 0.15) is 6.04 Å². The Labute approximate surface area is 120 Å². The minimum Gasteiger partial charge on any atom is -0.326 e. The van der Waals surface area contributed by atoms with Crippen molar-refractivity contribution in [1.29, 1.82) is 0 Å². The van der Waals surface area contributed by atoms with Crippen molar-refractivity contribution in [2.75, 3.05) is 0 Å². The molecule has 0 radical (unpaired) electrons. The minimum atomic E-state index is -0.391. The Morgan fingerprint density at radius 1 is 1.10 bits per heavy atom. The Morgan fingerprint density at radius 3 is 2.15 bits per heavy atom. The Balaban J connectivity index is 2.10. The van der Waals surface area contributed by atoms with E-state index >= 15 is 0 Å². The molecule has 20 heavy (non-hydrogen) atoms. The smallest absolute Gasteiger partial charge is 0.325 e. The predicted octanol–water partition coefficient (Wildman–Crippen LogP) is 2.89.